The number of aromatic nitrogens is 1. The Balaban J connectivity index is 1.53. The molecule has 2 aliphatic rings. The first-order chi connectivity index (χ1) is 12.0. The summed E-state index contributed by atoms with van der Waals surface area (Å²) in [4.78, 5) is 19.7. The molecule has 2 saturated heterocycles. The molecule has 0 spiro atoms. The molecule has 1 aromatic heterocycles. The number of amides is 1. The molecule has 0 bridgehead atoms. The first kappa shape index (κ1) is 18.8. The normalized spacial score (nSPS) is 21.7. The van der Waals surface area contributed by atoms with Crippen molar-refractivity contribution in [2.75, 3.05) is 31.1 Å². The Hall–Kier alpha value is -1.99. The molecule has 2 aliphatic heterocycles. The lowest BCUT2D eigenvalue weighted by Crippen LogP contribution is -2.50. The number of alkyl halides is 3. The largest absolute Gasteiger partial charge is 0.444 e. The van der Waals surface area contributed by atoms with Crippen LogP contribution in [0.3, 0.4) is 0 Å². The minimum Gasteiger partial charge on any atom is -0.444 e. The lowest BCUT2D eigenvalue weighted by Gasteiger charge is -2.39. The quantitative estimate of drug-likeness (QED) is 0.793. The molecule has 3 heterocycles. The van der Waals surface area contributed by atoms with Crippen LogP contribution in [-0.2, 0) is 4.74 Å². The monoisotopic (exact) mass is 371 g/mol. The summed E-state index contributed by atoms with van der Waals surface area (Å²) in [7, 11) is 0. The molecule has 0 saturated carbocycles. The highest BCUT2D eigenvalue weighted by atomic mass is 19.4. The number of nitrogens with zero attached hydrogens (tertiary/aromatic N) is 3. The molecule has 2 fully saturated rings. The fraction of sp³-hybridized carbons (Fsp3) is 0.667. The predicted molar refractivity (Wildman–Crippen MR) is 91.2 cm³/mol. The van der Waals surface area contributed by atoms with Gasteiger partial charge >= 0.3 is 12.3 Å². The van der Waals surface area contributed by atoms with Gasteiger partial charge in [-0.3, -0.25) is 4.98 Å². The molecule has 0 aromatic carbocycles. The number of carbonyl (C=O) groups is 1. The van der Waals surface area contributed by atoms with Gasteiger partial charge in [-0.05, 0) is 39.3 Å². The molecule has 8 heteroatoms. The first-order valence-electron chi connectivity index (χ1n) is 8.78. The first-order valence-corrected chi connectivity index (χ1v) is 8.78. The van der Waals surface area contributed by atoms with E-state index >= 15 is 0 Å². The second-order valence-corrected chi connectivity index (χ2v) is 8.00. The van der Waals surface area contributed by atoms with Gasteiger partial charge in [0.1, 0.15) is 5.60 Å². The van der Waals surface area contributed by atoms with E-state index in [0.29, 0.717) is 25.3 Å². The van der Waals surface area contributed by atoms with E-state index in [4.69, 9.17) is 4.74 Å². The van der Waals surface area contributed by atoms with Crippen molar-refractivity contribution in [3.05, 3.63) is 24.0 Å². The van der Waals surface area contributed by atoms with E-state index in [0.717, 1.165) is 5.69 Å². The molecular formula is C18H24F3N3O2. The Morgan fingerprint density at radius 2 is 1.88 bits per heavy atom. The van der Waals surface area contributed by atoms with Gasteiger partial charge in [-0.2, -0.15) is 13.2 Å². The summed E-state index contributed by atoms with van der Waals surface area (Å²) < 4.78 is 43.7. The molecule has 0 radical (unpaired) electrons. The minimum atomic E-state index is -4.14. The maximum Gasteiger partial charge on any atom is 0.410 e. The van der Waals surface area contributed by atoms with Crippen molar-refractivity contribution in [3.8, 4) is 0 Å². The van der Waals surface area contributed by atoms with Gasteiger partial charge in [-0.1, -0.05) is 0 Å². The van der Waals surface area contributed by atoms with E-state index in [1.165, 1.54) is 0 Å². The van der Waals surface area contributed by atoms with Crippen LogP contribution in [0.4, 0.5) is 23.7 Å². The number of anilines is 1. The summed E-state index contributed by atoms with van der Waals surface area (Å²) >= 11 is 0. The third-order valence-electron chi connectivity index (χ3n) is 4.74. The molecule has 3 rings (SSSR count). The number of hydrogen-bond acceptors (Lipinski definition) is 4. The van der Waals surface area contributed by atoms with E-state index in [2.05, 4.69) is 4.98 Å². The Morgan fingerprint density at radius 3 is 2.38 bits per heavy atom. The van der Waals surface area contributed by atoms with E-state index in [1.54, 1.807) is 16.0 Å². The average molecular weight is 371 g/mol. The van der Waals surface area contributed by atoms with Gasteiger partial charge in [-0.25, -0.2) is 4.79 Å². The zero-order valence-electron chi connectivity index (χ0n) is 15.2. The lowest BCUT2D eigenvalue weighted by atomic mass is 9.96. The lowest BCUT2D eigenvalue weighted by molar-refractivity contribution is -0.168. The van der Waals surface area contributed by atoms with Crippen molar-refractivity contribution in [2.45, 2.75) is 44.9 Å². The van der Waals surface area contributed by atoms with Crippen molar-refractivity contribution in [3.63, 3.8) is 0 Å². The predicted octanol–water partition coefficient (Wildman–Crippen LogP) is 3.80. The fourth-order valence-corrected chi connectivity index (χ4v) is 3.23. The number of carbonyl (C=O) groups excluding carboxylic acids is 1. The van der Waals surface area contributed by atoms with Gasteiger partial charge in [-0.15, -0.1) is 0 Å². The number of halogens is 3. The maximum absolute atomic E-state index is 12.8. The van der Waals surface area contributed by atoms with Gasteiger partial charge in [0.25, 0.3) is 0 Å². The second-order valence-electron chi connectivity index (χ2n) is 8.00. The van der Waals surface area contributed by atoms with Crippen LogP contribution in [0.15, 0.2) is 18.3 Å². The molecule has 1 amide bonds. The number of ether oxygens (including phenoxy) is 1. The van der Waals surface area contributed by atoms with Crippen molar-refractivity contribution in [1.29, 1.82) is 0 Å². The van der Waals surface area contributed by atoms with Crippen molar-refractivity contribution in [1.82, 2.24) is 9.88 Å². The molecule has 0 N–H and O–H groups in total. The summed E-state index contributed by atoms with van der Waals surface area (Å²) in [6.07, 6.45) is -2.72. The van der Waals surface area contributed by atoms with Crippen LogP contribution in [0.5, 0.6) is 0 Å². The SMILES string of the molecule is CC(C)(C)OC(=O)N1CC(c2ccc(N3CCC(C(F)(F)F)C3)cn2)C1. The minimum absolute atomic E-state index is 0.0135. The van der Waals surface area contributed by atoms with E-state index < -0.39 is 17.7 Å². The Labute approximate surface area is 151 Å². The van der Waals surface area contributed by atoms with Crippen LogP contribution in [-0.4, -0.2) is 53.9 Å². The summed E-state index contributed by atoms with van der Waals surface area (Å²) in [6, 6.07) is 3.66. The molecule has 1 unspecified atom stereocenters. The topological polar surface area (TPSA) is 45.7 Å². The molecule has 26 heavy (non-hydrogen) atoms. The second kappa shape index (κ2) is 6.63. The van der Waals surface area contributed by atoms with Crippen LogP contribution in [0.2, 0.25) is 0 Å². The highest BCUT2D eigenvalue weighted by Gasteiger charge is 2.43. The number of pyridine rings is 1. The molecule has 1 aromatic rings. The zero-order chi connectivity index (χ0) is 19.1. The summed E-state index contributed by atoms with van der Waals surface area (Å²) in [5, 5.41) is 0. The van der Waals surface area contributed by atoms with Crippen LogP contribution >= 0.6 is 0 Å². The third-order valence-corrected chi connectivity index (χ3v) is 4.74. The summed E-state index contributed by atoms with van der Waals surface area (Å²) in [5.41, 5.74) is 1.04. The van der Waals surface area contributed by atoms with Gasteiger partial charge in [0.2, 0.25) is 0 Å². The van der Waals surface area contributed by atoms with Crippen molar-refractivity contribution >= 4 is 11.8 Å². The number of hydrogen-bond donors (Lipinski definition) is 0. The van der Waals surface area contributed by atoms with E-state index in [-0.39, 0.29) is 25.0 Å². The van der Waals surface area contributed by atoms with Crippen LogP contribution in [0.1, 0.15) is 38.8 Å². The van der Waals surface area contributed by atoms with E-state index in [9.17, 15) is 18.0 Å². The number of rotatable bonds is 2. The molecule has 5 nitrogen and oxygen atoms in total. The van der Waals surface area contributed by atoms with Crippen LogP contribution in [0.25, 0.3) is 0 Å². The summed E-state index contributed by atoms with van der Waals surface area (Å²) in [5.74, 6) is -1.13. The molecular weight excluding hydrogens is 347 g/mol. The highest BCUT2D eigenvalue weighted by molar-refractivity contribution is 5.69. The Kier molecular flexibility index (Phi) is 4.79. The molecule has 1 atom stereocenters. The van der Waals surface area contributed by atoms with Crippen molar-refractivity contribution in [2.24, 2.45) is 5.92 Å². The zero-order valence-corrected chi connectivity index (χ0v) is 15.2. The van der Waals surface area contributed by atoms with Gasteiger partial charge < -0.3 is 14.5 Å². The highest BCUT2D eigenvalue weighted by Crippen LogP contribution is 2.35. The number of likely N-dealkylation sites (tertiary alicyclic amines) is 1. The fourth-order valence-electron chi connectivity index (χ4n) is 3.23. The maximum atomic E-state index is 12.8. The van der Waals surface area contributed by atoms with Crippen molar-refractivity contribution < 1.29 is 22.7 Å². The van der Waals surface area contributed by atoms with E-state index in [1.807, 2.05) is 32.9 Å². The van der Waals surface area contributed by atoms with Crippen LogP contribution < -0.4 is 4.90 Å². The smallest absolute Gasteiger partial charge is 0.410 e. The Bertz CT molecular complexity index is 649. The van der Waals surface area contributed by atoms with Gasteiger partial charge in [0.15, 0.2) is 0 Å². The average Bonchev–Trinajstić information content (AvgIpc) is 2.94. The van der Waals surface area contributed by atoms with Crippen LogP contribution in [0, 0.1) is 5.92 Å². The molecule has 144 valence electrons. The van der Waals surface area contributed by atoms with Gasteiger partial charge in [0, 0.05) is 37.8 Å². The standard InChI is InChI=1S/C18H24F3N3O2/c1-17(2,3)26-16(25)24-9-12(10-24)15-5-4-14(8-22-15)23-7-6-13(11-23)18(19,20)21/h4-5,8,12-13H,6-7,9-11H2,1-3H3. The van der Waals surface area contributed by atoms with Gasteiger partial charge in [0.05, 0.1) is 17.8 Å². The molecule has 0 aliphatic carbocycles. The third kappa shape index (κ3) is 4.22. The summed E-state index contributed by atoms with van der Waals surface area (Å²) in [6.45, 7) is 6.93. The Morgan fingerprint density at radius 1 is 1.19 bits per heavy atom.